The van der Waals surface area contributed by atoms with Crippen LogP contribution in [0.25, 0.3) is 10.9 Å². The summed E-state index contributed by atoms with van der Waals surface area (Å²) < 4.78 is 18.0. The van der Waals surface area contributed by atoms with Crippen molar-refractivity contribution in [2.45, 2.75) is 63.6 Å². The van der Waals surface area contributed by atoms with E-state index in [1.165, 1.54) is 28.8 Å². The smallest absolute Gasteiger partial charge is 0.328 e. The van der Waals surface area contributed by atoms with Crippen molar-refractivity contribution in [1.29, 1.82) is 0 Å². The van der Waals surface area contributed by atoms with Crippen LogP contribution in [0, 0.1) is 5.82 Å². The van der Waals surface area contributed by atoms with Gasteiger partial charge in [0.05, 0.1) is 29.2 Å². The molecule has 0 radical (unpaired) electrons. The van der Waals surface area contributed by atoms with Crippen molar-refractivity contribution in [1.82, 2.24) is 25.0 Å². The SMILES string of the molecule is CC1(O)CN(Cc2cnn3c2CCCC3)CCC1c1ccc2ncc(N3CCC(=O)NC3=O)cc2c1F. The Hall–Kier alpha value is -3.37. The molecule has 2 aromatic heterocycles. The third-order valence-electron chi connectivity index (χ3n) is 8.05. The van der Waals surface area contributed by atoms with E-state index in [2.05, 4.69) is 25.0 Å². The molecular weight excluding hydrogens is 475 g/mol. The molecule has 3 aliphatic rings. The number of amides is 3. The van der Waals surface area contributed by atoms with Crippen LogP contribution in [0.2, 0.25) is 0 Å². The van der Waals surface area contributed by atoms with E-state index in [1.807, 2.05) is 6.20 Å². The monoisotopic (exact) mass is 506 g/mol. The average molecular weight is 507 g/mol. The van der Waals surface area contributed by atoms with E-state index < -0.39 is 17.4 Å². The molecule has 1 aromatic carbocycles. The molecule has 10 heteroatoms. The molecule has 2 N–H and O–H groups in total. The number of carbonyl (C=O) groups excluding carboxylic acids is 2. The average Bonchev–Trinajstić information content (AvgIpc) is 3.27. The second-order valence-corrected chi connectivity index (χ2v) is 10.7. The fourth-order valence-electron chi connectivity index (χ4n) is 6.15. The van der Waals surface area contributed by atoms with Gasteiger partial charge in [-0.25, -0.2) is 9.18 Å². The fourth-order valence-corrected chi connectivity index (χ4v) is 6.15. The Labute approximate surface area is 214 Å². The van der Waals surface area contributed by atoms with Gasteiger partial charge in [0.1, 0.15) is 5.82 Å². The number of urea groups is 1. The number of aromatic nitrogens is 3. The summed E-state index contributed by atoms with van der Waals surface area (Å²) in [6, 6.07) is 4.55. The summed E-state index contributed by atoms with van der Waals surface area (Å²) in [4.78, 5) is 31.8. The molecule has 0 saturated carbocycles. The Balaban J connectivity index is 1.24. The summed E-state index contributed by atoms with van der Waals surface area (Å²) in [6.45, 7) is 4.86. The highest BCUT2D eigenvalue weighted by molar-refractivity contribution is 6.06. The number of benzene rings is 1. The first-order valence-corrected chi connectivity index (χ1v) is 13.0. The molecule has 2 atom stereocenters. The minimum absolute atomic E-state index is 0.177. The lowest BCUT2D eigenvalue weighted by Gasteiger charge is -2.43. The van der Waals surface area contributed by atoms with Gasteiger partial charge in [-0.2, -0.15) is 5.10 Å². The van der Waals surface area contributed by atoms with Gasteiger partial charge in [0.15, 0.2) is 0 Å². The molecule has 3 aliphatic heterocycles. The number of nitrogens with zero attached hydrogens (tertiary/aromatic N) is 5. The van der Waals surface area contributed by atoms with Crippen LogP contribution in [0.1, 0.15) is 55.3 Å². The Morgan fingerprint density at radius 3 is 2.84 bits per heavy atom. The number of imide groups is 1. The molecule has 194 valence electrons. The zero-order valence-electron chi connectivity index (χ0n) is 20.9. The van der Waals surface area contributed by atoms with Crippen molar-refractivity contribution in [3.05, 3.63) is 53.2 Å². The largest absolute Gasteiger partial charge is 0.388 e. The number of aliphatic hydroxyl groups is 1. The number of β-amino-alcohol motifs (C(OH)–C–C–N with tert-alkyl or cyclic N) is 1. The van der Waals surface area contributed by atoms with Gasteiger partial charge in [0.2, 0.25) is 5.91 Å². The number of likely N-dealkylation sites (tertiary alicyclic amines) is 1. The van der Waals surface area contributed by atoms with Crippen LogP contribution < -0.4 is 10.2 Å². The molecule has 2 saturated heterocycles. The first-order chi connectivity index (χ1) is 17.8. The highest BCUT2D eigenvalue weighted by Gasteiger charge is 2.40. The Bertz CT molecular complexity index is 1390. The van der Waals surface area contributed by atoms with Crippen LogP contribution in [0.5, 0.6) is 0 Å². The van der Waals surface area contributed by atoms with Crippen LogP contribution >= 0.6 is 0 Å². The third-order valence-corrected chi connectivity index (χ3v) is 8.05. The molecule has 0 spiro atoms. The molecule has 0 bridgehead atoms. The number of pyridine rings is 1. The first kappa shape index (κ1) is 24.0. The second-order valence-electron chi connectivity index (χ2n) is 10.7. The lowest BCUT2D eigenvalue weighted by atomic mass is 9.77. The van der Waals surface area contributed by atoms with Gasteiger partial charge < -0.3 is 5.11 Å². The standard InChI is InChI=1S/C27H31FN6O3/c1-27(37)16-32(15-17-13-30-34-9-3-2-4-23(17)34)10-7-21(27)19-5-6-22-20(25(19)28)12-18(14-29-22)33-11-8-24(35)31-26(33)36/h5-6,12-14,21,37H,2-4,7-11,15-16H2,1H3,(H,31,35,36). The van der Waals surface area contributed by atoms with Crippen LogP contribution in [0.4, 0.5) is 14.9 Å². The van der Waals surface area contributed by atoms with E-state index >= 15 is 4.39 Å². The van der Waals surface area contributed by atoms with E-state index in [0.29, 0.717) is 35.1 Å². The number of nitrogens with one attached hydrogen (secondary N) is 1. The van der Waals surface area contributed by atoms with E-state index in [9.17, 15) is 14.7 Å². The zero-order valence-corrected chi connectivity index (χ0v) is 20.9. The lowest BCUT2D eigenvalue weighted by molar-refractivity contribution is -0.120. The van der Waals surface area contributed by atoms with Crippen molar-refractivity contribution < 1.29 is 19.1 Å². The Morgan fingerprint density at radius 2 is 2.03 bits per heavy atom. The maximum absolute atomic E-state index is 15.9. The van der Waals surface area contributed by atoms with Gasteiger partial charge in [0, 0.05) is 55.2 Å². The summed E-state index contributed by atoms with van der Waals surface area (Å²) in [7, 11) is 0. The molecule has 3 amide bonds. The number of hydrogen-bond donors (Lipinski definition) is 2. The summed E-state index contributed by atoms with van der Waals surface area (Å²) >= 11 is 0. The molecule has 37 heavy (non-hydrogen) atoms. The predicted octanol–water partition coefficient (Wildman–Crippen LogP) is 3.09. The van der Waals surface area contributed by atoms with Gasteiger partial charge in [-0.3, -0.25) is 29.6 Å². The van der Waals surface area contributed by atoms with E-state index in [1.54, 1.807) is 25.1 Å². The maximum atomic E-state index is 15.9. The van der Waals surface area contributed by atoms with Crippen molar-refractivity contribution in [3.8, 4) is 0 Å². The topological polar surface area (TPSA) is 104 Å². The molecular formula is C27H31FN6O3. The number of anilines is 1. The van der Waals surface area contributed by atoms with Crippen LogP contribution in [-0.4, -0.2) is 61.9 Å². The van der Waals surface area contributed by atoms with Crippen LogP contribution in [-0.2, 0) is 24.3 Å². The van der Waals surface area contributed by atoms with Crippen molar-refractivity contribution in [3.63, 3.8) is 0 Å². The third kappa shape index (κ3) is 4.38. The summed E-state index contributed by atoms with van der Waals surface area (Å²) in [5.41, 5.74) is 2.74. The van der Waals surface area contributed by atoms with Crippen molar-refractivity contribution >= 4 is 28.5 Å². The zero-order chi connectivity index (χ0) is 25.7. The molecule has 2 fully saturated rings. The molecule has 0 aliphatic carbocycles. The van der Waals surface area contributed by atoms with Crippen molar-refractivity contribution in [2.75, 3.05) is 24.5 Å². The minimum atomic E-state index is -1.13. The second kappa shape index (κ2) is 9.18. The predicted molar refractivity (Wildman–Crippen MR) is 136 cm³/mol. The van der Waals surface area contributed by atoms with E-state index in [4.69, 9.17) is 0 Å². The lowest BCUT2D eigenvalue weighted by Crippen LogP contribution is -2.50. The Morgan fingerprint density at radius 1 is 1.16 bits per heavy atom. The van der Waals surface area contributed by atoms with Gasteiger partial charge in [0.25, 0.3) is 0 Å². The van der Waals surface area contributed by atoms with Crippen LogP contribution in [0.3, 0.4) is 0 Å². The summed E-state index contributed by atoms with van der Waals surface area (Å²) in [5.74, 6) is -1.14. The first-order valence-electron chi connectivity index (χ1n) is 13.0. The molecule has 5 heterocycles. The molecule has 2 unspecified atom stereocenters. The van der Waals surface area contributed by atoms with Gasteiger partial charge in [-0.1, -0.05) is 6.07 Å². The normalized spacial score (nSPS) is 24.8. The highest BCUT2D eigenvalue weighted by atomic mass is 19.1. The van der Waals surface area contributed by atoms with E-state index in [0.717, 1.165) is 32.5 Å². The number of halogens is 1. The Kier molecular flexibility index (Phi) is 5.95. The maximum Gasteiger partial charge on any atom is 0.328 e. The van der Waals surface area contributed by atoms with Crippen LogP contribution in [0.15, 0.2) is 30.6 Å². The quantitative estimate of drug-likeness (QED) is 0.564. The summed E-state index contributed by atoms with van der Waals surface area (Å²) in [6.07, 6.45) is 7.63. The van der Waals surface area contributed by atoms with Gasteiger partial charge >= 0.3 is 6.03 Å². The van der Waals surface area contributed by atoms with Gasteiger partial charge in [-0.05, 0) is 56.8 Å². The summed E-state index contributed by atoms with van der Waals surface area (Å²) in [5, 5.41) is 18.6. The number of piperidine rings is 1. The minimum Gasteiger partial charge on any atom is -0.388 e. The number of rotatable bonds is 4. The number of fused-ring (bicyclic) bond motifs is 2. The van der Waals surface area contributed by atoms with Crippen molar-refractivity contribution in [2.24, 2.45) is 0 Å². The molecule has 9 nitrogen and oxygen atoms in total. The number of hydrogen-bond acceptors (Lipinski definition) is 6. The van der Waals surface area contributed by atoms with E-state index in [-0.39, 0.29) is 24.8 Å². The van der Waals surface area contributed by atoms with Gasteiger partial charge in [-0.15, -0.1) is 0 Å². The molecule has 6 rings (SSSR count). The highest BCUT2D eigenvalue weighted by Crippen LogP contribution is 2.40. The number of carbonyl (C=O) groups is 2. The molecule has 3 aromatic rings. The fraction of sp³-hybridized carbons (Fsp3) is 0.481. The number of aryl methyl sites for hydroxylation is 1.